The molecule has 7 nitrogen and oxygen atoms in total. The number of aromatic nitrogens is 4. The lowest BCUT2D eigenvalue weighted by Gasteiger charge is -2.13. The van der Waals surface area contributed by atoms with Crippen LogP contribution in [0.4, 0.5) is 0 Å². The summed E-state index contributed by atoms with van der Waals surface area (Å²) >= 11 is 5.94. The Labute approximate surface area is 187 Å². The molecule has 8 heteroatoms. The molecule has 0 unspecified atom stereocenters. The van der Waals surface area contributed by atoms with E-state index in [1.165, 1.54) is 4.80 Å². The van der Waals surface area contributed by atoms with Gasteiger partial charge in [-0.1, -0.05) is 35.9 Å². The van der Waals surface area contributed by atoms with E-state index in [0.717, 1.165) is 23.3 Å². The number of benzene rings is 2. The second kappa shape index (κ2) is 11.6. The number of tetrazole rings is 1. The number of hydrogen-bond donors (Lipinski definition) is 1. The molecular formula is C23H27ClN4O3. The number of halogens is 1. The molecule has 1 aromatic heterocycles. The summed E-state index contributed by atoms with van der Waals surface area (Å²) in [5, 5.41) is 22.5. The van der Waals surface area contributed by atoms with Crippen LogP contribution < -0.4 is 4.74 Å². The molecule has 3 rings (SSSR count). The summed E-state index contributed by atoms with van der Waals surface area (Å²) in [5.41, 5.74) is 2.00. The number of ether oxygens (including phenoxy) is 1. The van der Waals surface area contributed by atoms with E-state index in [9.17, 15) is 4.79 Å². The van der Waals surface area contributed by atoms with Crippen molar-refractivity contribution in [2.45, 2.75) is 44.6 Å². The van der Waals surface area contributed by atoms with Gasteiger partial charge in [0, 0.05) is 30.4 Å². The molecule has 2 aromatic carbocycles. The zero-order valence-corrected chi connectivity index (χ0v) is 18.3. The molecule has 0 aliphatic heterocycles. The van der Waals surface area contributed by atoms with Crippen molar-refractivity contribution in [2.75, 3.05) is 13.7 Å². The first-order valence-corrected chi connectivity index (χ1v) is 10.7. The molecule has 1 heterocycles. The summed E-state index contributed by atoms with van der Waals surface area (Å²) in [6.07, 6.45) is 2.73. The molecule has 0 spiro atoms. The van der Waals surface area contributed by atoms with Gasteiger partial charge in [-0.05, 0) is 59.9 Å². The van der Waals surface area contributed by atoms with Crippen LogP contribution in [-0.4, -0.2) is 44.8 Å². The molecule has 1 atom stereocenters. The molecule has 164 valence electrons. The minimum Gasteiger partial charge on any atom is -0.497 e. The zero-order valence-electron chi connectivity index (χ0n) is 17.6. The molecular weight excluding hydrogens is 416 g/mol. The van der Waals surface area contributed by atoms with Gasteiger partial charge in [0.05, 0.1) is 13.7 Å². The number of hydrogen-bond acceptors (Lipinski definition) is 6. The average Bonchev–Trinajstić information content (AvgIpc) is 3.24. The Hall–Kier alpha value is -2.77. The van der Waals surface area contributed by atoms with E-state index in [1.54, 1.807) is 19.2 Å². The van der Waals surface area contributed by atoms with Crippen molar-refractivity contribution < 1.29 is 14.6 Å². The summed E-state index contributed by atoms with van der Waals surface area (Å²) in [4.78, 5) is 14.4. The van der Waals surface area contributed by atoms with E-state index in [2.05, 4.69) is 15.4 Å². The van der Waals surface area contributed by atoms with Gasteiger partial charge in [0.2, 0.25) is 0 Å². The smallest absolute Gasteiger partial charge is 0.178 e. The Bertz CT molecular complexity index is 958. The van der Waals surface area contributed by atoms with Crippen molar-refractivity contribution in [3.63, 3.8) is 0 Å². The predicted molar refractivity (Wildman–Crippen MR) is 118 cm³/mol. The predicted octanol–water partition coefficient (Wildman–Crippen LogP) is 3.64. The Morgan fingerprint density at radius 2 is 1.81 bits per heavy atom. The molecule has 0 aliphatic rings. The maximum absolute atomic E-state index is 12.8. The van der Waals surface area contributed by atoms with Crippen LogP contribution in [0.15, 0.2) is 48.5 Å². The Balaban J connectivity index is 1.72. The summed E-state index contributed by atoms with van der Waals surface area (Å²) in [6.45, 7) is 0.725. The quantitative estimate of drug-likeness (QED) is 0.431. The highest BCUT2D eigenvalue weighted by atomic mass is 35.5. The highest BCUT2D eigenvalue weighted by Crippen LogP contribution is 2.24. The fraction of sp³-hybridized carbons (Fsp3) is 0.391. The summed E-state index contributed by atoms with van der Waals surface area (Å²) in [7, 11) is 1.63. The molecule has 0 bridgehead atoms. The van der Waals surface area contributed by atoms with Gasteiger partial charge >= 0.3 is 0 Å². The van der Waals surface area contributed by atoms with Crippen LogP contribution in [0.2, 0.25) is 5.02 Å². The van der Waals surface area contributed by atoms with Crippen molar-refractivity contribution in [1.29, 1.82) is 0 Å². The summed E-state index contributed by atoms with van der Waals surface area (Å²) in [6, 6.07) is 15.1. The van der Waals surface area contributed by atoms with Gasteiger partial charge in [0.1, 0.15) is 11.5 Å². The second-order valence-electron chi connectivity index (χ2n) is 7.47. The number of aryl methyl sites for hydroxylation is 1. The van der Waals surface area contributed by atoms with Gasteiger partial charge in [0.25, 0.3) is 0 Å². The molecule has 1 N–H and O–H groups in total. The molecule has 31 heavy (non-hydrogen) atoms. The third kappa shape index (κ3) is 7.15. The number of aliphatic hydroxyl groups excluding tert-OH is 1. The van der Waals surface area contributed by atoms with Crippen molar-refractivity contribution in [2.24, 2.45) is 0 Å². The first-order chi connectivity index (χ1) is 15.1. The molecule has 0 saturated carbocycles. The van der Waals surface area contributed by atoms with Gasteiger partial charge in [-0.25, -0.2) is 0 Å². The number of aliphatic hydroxyl groups is 1. The van der Waals surface area contributed by atoms with Gasteiger partial charge in [-0.2, -0.15) is 4.80 Å². The van der Waals surface area contributed by atoms with E-state index in [-0.39, 0.29) is 18.3 Å². The number of unbranched alkanes of at least 4 members (excludes halogenated alkanes) is 1. The van der Waals surface area contributed by atoms with Gasteiger partial charge in [-0.3, -0.25) is 4.79 Å². The SMILES string of the molecule is COc1ccc(C[C@H](CC(=O)Cc2ccc(Cl)cc2)c2nnn(CCCCO)n2)cc1. The topological polar surface area (TPSA) is 90.1 Å². The Morgan fingerprint density at radius 3 is 2.48 bits per heavy atom. The van der Waals surface area contributed by atoms with Crippen LogP contribution in [0.3, 0.4) is 0 Å². The number of nitrogens with zero attached hydrogens (tertiary/aromatic N) is 4. The van der Waals surface area contributed by atoms with E-state index < -0.39 is 0 Å². The number of rotatable bonds is 12. The monoisotopic (exact) mass is 442 g/mol. The number of carbonyl (C=O) groups is 1. The normalized spacial score (nSPS) is 12.0. The van der Waals surface area contributed by atoms with Crippen LogP contribution in [0, 0.1) is 0 Å². The third-order valence-corrected chi connectivity index (χ3v) is 5.28. The van der Waals surface area contributed by atoms with E-state index in [0.29, 0.717) is 43.1 Å². The lowest BCUT2D eigenvalue weighted by atomic mass is 9.91. The third-order valence-electron chi connectivity index (χ3n) is 5.03. The van der Waals surface area contributed by atoms with Crippen LogP contribution in [0.1, 0.15) is 42.1 Å². The lowest BCUT2D eigenvalue weighted by molar-refractivity contribution is -0.118. The van der Waals surface area contributed by atoms with E-state index in [1.807, 2.05) is 36.4 Å². The Kier molecular flexibility index (Phi) is 8.55. The van der Waals surface area contributed by atoms with Crippen LogP contribution >= 0.6 is 11.6 Å². The van der Waals surface area contributed by atoms with Crippen LogP contribution in [0.5, 0.6) is 5.75 Å². The van der Waals surface area contributed by atoms with Crippen molar-refractivity contribution in [3.8, 4) is 5.75 Å². The molecule has 3 aromatic rings. The van der Waals surface area contributed by atoms with Crippen LogP contribution in [-0.2, 0) is 24.2 Å². The maximum atomic E-state index is 12.8. The summed E-state index contributed by atoms with van der Waals surface area (Å²) < 4.78 is 5.23. The molecule has 0 saturated heterocycles. The first-order valence-electron chi connectivity index (χ1n) is 10.3. The first kappa shape index (κ1) is 22.9. The van der Waals surface area contributed by atoms with Gasteiger partial charge in [-0.15, -0.1) is 10.2 Å². The number of methoxy groups -OCH3 is 1. The largest absolute Gasteiger partial charge is 0.497 e. The zero-order chi connectivity index (χ0) is 22.1. The van der Waals surface area contributed by atoms with E-state index >= 15 is 0 Å². The molecule has 0 radical (unpaired) electrons. The molecule has 0 fully saturated rings. The number of ketones is 1. The second-order valence-corrected chi connectivity index (χ2v) is 7.91. The van der Waals surface area contributed by atoms with Gasteiger partial charge < -0.3 is 9.84 Å². The highest BCUT2D eigenvalue weighted by molar-refractivity contribution is 6.30. The lowest BCUT2D eigenvalue weighted by Crippen LogP contribution is -2.14. The van der Waals surface area contributed by atoms with Crippen molar-refractivity contribution in [1.82, 2.24) is 20.2 Å². The highest BCUT2D eigenvalue weighted by Gasteiger charge is 2.22. The summed E-state index contributed by atoms with van der Waals surface area (Å²) in [5.74, 6) is 1.27. The Morgan fingerprint density at radius 1 is 1.10 bits per heavy atom. The number of Topliss-reactive ketones (excluding diaryl/α,β-unsaturated/α-hetero) is 1. The van der Waals surface area contributed by atoms with Crippen molar-refractivity contribution >= 4 is 17.4 Å². The van der Waals surface area contributed by atoms with Crippen LogP contribution in [0.25, 0.3) is 0 Å². The fourth-order valence-electron chi connectivity index (χ4n) is 3.36. The fourth-order valence-corrected chi connectivity index (χ4v) is 3.48. The number of carbonyl (C=O) groups excluding carboxylic acids is 1. The molecule has 0 amide bonds. The van der Waals surface area contributed by atoms with E-state index in [4.69, 9.17) is 21.4 Å². The molecule has 0 aliphatic carbocycles. The minimum atomic E-state index is -0.181. The van der Waals surface area contributed by atoms with Crippen molar-refractivity contribution in [3.05, 3.63) is 70.5 Å². The average molecular weight is 443 g/mol. The maximum Gasteiger partial charge on any atom is 0.178 e. The standard InChI is InChI=1S/C23H27ClN4O3/c1-31-22-10-6-17(7-11-22)14-19(23-25-27-28(26-23)12-2-3-13-29)16-21(30)15-18-4-8-20(24)9-5-18/h4-11,19,29H,2-3,12-16H2,1H3/t19-/m1/s1. The van der Waals surface area contributed by atoms with Gasteiger partial charge in [0.15, 0.2) is 5.82 Å². The minimum absolute atomic E-state index is 0.109.